The molecule has 0 aliphatic heterocycles. The summed E-state index contributed by atoms with van der Waals surface area (Å²) >= 11 is 4.58. The number of nitrogens with zero attached hydrogens (tertiary/aromatic N) is 3. The van der Waals surface area contributed by atoms with Crippen LogP contribution in [-0.2, 0) is 11.2 Å². The first-order valence-electron chi connectivity index (χ1n) is 7.58. The Bertz CT molecular complexity index is 895. The van der Waals surface area contributed by atoms with Gasteiger partial charge in [-0.15, -0.1) is 10.2 Å². The van der Waals surface area contributed by atoms with E-state index in [1.807, 2.05) is 22.8 Å². The second kappa shape index (κ2) is 7.36. The van der Waals surface area contributed by atoms with Crippen LogP contribution in [0.5, 0.6) is 0 Å². The minimum Gasteiger partial charge on any atom is -0.481 e. The van der Waals surface area contributed by atoms with Crippen LogP contribution in [0.3, 0.4) is 0 Å². The third kappa shape index (κ3) is 3.32. The van der Waals surface area contributed by atoms with Crippen LogP contribution in [0.4, 0.5) is 0 Å². The lowest BCUT2D eigenvalue weighted by Crippen LogP contribution is -2.03. The molecule has 0 unspecified atom stereocenters. The SMILES string of the molecule is CCCc1ccc(-n2c(Br)nnc2SCC(=O)O)c2ccccc12. The standard InChI is InChI=1S/C17H16BrN3O2S/c1-2-5-11-8-9-14(13-7-4-3-6-12(11)13)21-16(18)19-20-17(21)24-10-15(22)23/h3-4,6-9H,2,5,10H2,1H3,(H,22,23). The second-order valence-electron chi connectivity index (χ2n) is 5.31. The van der Waals surface area contributed by atoms with Crippen LogP contribution in [-0.4, -0.2) is 31.6 Å². The molecule has 1 heterocycles. The van der Waals surface area contributed by atoms with E-state index < -0.39 is 5.97 Å². The van der Waals surface area contributed by atoms with Gasteiger partial charge in [-0.05, 0) is 39.4 Å². The fourth-order valence-corrected chi connectivity index (χ4v) is 3.92. The van der Waals surface area contributed by atoms with Gasteiger partial charge in [-0.3, -0.25) is 9.36 Å². The Morgan fingerprint density at radius 3 is 2.67 bits per heavy atom. The maximum Gasteiger partial charge on any atom is 0.313 e. The summed E-state index contributed by atoms with van der Waals surface area (Å²) in [6.45, 7) is 2.17. The summed E-state index contributed by atoms with van der Waals surface area (Å²) in [5, 5.41) is 19.9. The monoisotopic (exact) mass is 405 g/mol. The van der Waals surface area contributed by atoms with Gasteiger partial charge in [0.25, 0.3) is 0 Å². The lowest BCUT2D eigenvalue weighted by Gasteiger charge is -2.13. The highest BCUT2D eigenvalue weighted by molar-refractivity contribution is 9.10. The van der Waals surface area contributed by atoms with Crippen LogP contribution in [0.25, 0.3) is 16.5 Å². The topological polar surface area (TPSA) is 68.0 Å². The van der Waals surface area contributed by atoms with E-state index in [2.05, 4.69) is 51.3 Å². The van der Waals surface area contributed by atoms with E-state index in [9.17, 15) is 4.79 Å². The van der Waals surface area contributed by atoms with E-state index in [0.29, 0.717) is 9.89 Å². The number of aliphatic carboxylic acids is 1. The zero-order valence-corrected chi connectivity index (χ0v) is 15.5. The zero-order valence-electron chi connectivity index (χ0n) is 13.1. The van der Waals surface area contributed by atoms with Crippen LogP contribution in [0.1, 0.15) is 18.9 Å². The summed E-state index contributed by atoms with van der Waals surface area (Å²) in [7, 11) is 0. The summed E-state index contributed by atoms with van der Waals surface area (Å²) in [5.41, 5.74) is 2.25. The molecule has 2 aromatic carbocycles. The predicted octanol–water partition coefficient (Wildman–Crippen LogP) is 4.31. The van der Waals surface area contributed by atoms with Crippen LogP contribution < -0.4 is 0 Å². The molecule has 0 fully saturated rings. The number of thioether (sulfide) groups is 1. The average Bonchev–Trinajstić information content (AvgIpc) is 2.94. The fraction of sp³-hybridized carbons (Fsp3) is 0.235. The van der Waals surface area contributed by atoms with E-state index in [1.54, 1.807) is 0 Å². The van der Waals surface area contributed by atoms with Crippen molar-refractivity contribution in [3.05, 3.63) is 46.7 Å². The number of carbonyl (C=O) groups is 1. The minimum atomic E-state index is -0.881. The van der Waals surface area contributed by atoms with Crippen molar-refractivity contribution in [2.75, 3.05) is 5.75 Å². The average molecular weight is 406 g/mol. The third-order valence-electron chi connectivity index (χ3n) is 3.67. The number of benzene rings is 2. The van der Waals surface area contributed by atoms with E-state index >= 15 is 0 Å². The Hall–Kier alpha value is -1.86. The summed E-state index contributed by atoms with van der Waals surface area (Å²) < 4.78 is 2.41. The van der Waals surface area contributed by atoms with Gasteiger partial charge in [0.15, 0.2) is 5.16 Å². The number of halogens is 1. The van der Waals surface area contributed by atoms with Crippen LogP contribution in [0.2, 0.25) is 0 Å². The van der Waals surface area contributed by atoms with Crippen molar-refractivity contribution in [3.8, 4) is 5.69 Å². The van der Waals surface area contributed by atoms with E-state index in [1.165, 1.54) is 10.9 Å². The highest BCUT2D eigenvalue weighted by Crippen LogP contribution is 2.31. The van der Waals surface area contributed by atoms with Crippen LogP contribution in [0.15, 0.2) is 46.3 Å². The van der Waals surface area contributed by atoms with Crippen molar-refractivity contribution < 1.29 is 9.90 Å². The molecule has 0 saturated carbocycles. The molecule has 0 radical (unpaired) electrons. The smallest absolute Gasteiger partial charge is 0.313 e. The Balaban J connectivity index is 2.15. The number of aromatic nitrogens is 3. The molecule has 124 valence electrons. The molecule has 3 aromatic rings. The van der Waals surface area contributed by atoms with Crippen molar-refractivity contribution in [1.82, 2.24) is 14.8 Å². The maximum absolute atomic E-state index is 10.9. The molecule has 0 saturated heterocycles. The van der Waals surface area contributed by atoms with Gasteiger partial charge in [0.1, 0.15) is 0 Å². The lowest BCUT2D eigenvalue weighted by atomic mass is 10.00. The van der Waals surface area contributed by atoms with Gasteiger partial charge in [-0.1, -0.05) is 55.4 Å². The molecule has 0 aliphatic rings. The normalized spacial score (nSPS) is 11.1. The fourth-order valence-electron chi connectivity index (χ4n) is 2.70. The highest BCUT2D eigenvalue weighted by atomic mass is 79.9. The number of carboxylic acid groups (broad SMARTS) is 1. The summed E-state index contributed by atoms with van der Waals surface area (Å²) in [6, 6.07) is 12.4. The molecule has 0 aliphatic carbocycles. The number of fused-ring (bicyclic) bond motifs is 1. The Morgan fingerprint density at radius 1 is 1.21 bits per heavy atom. The maximum atomic E-state index is 10.9. The molecule has 24 heavy (non-hydrogen) atoms. The first-order valence-corrected chi connectivity index (χ1v) is 9.36. The Labute approximate surface area is 152 Å². The molecule has 7 heteroatoms. The number of rotatable bonds is 6. The molecule has 0 amide bonds. The van der Waals surface area contributed by atoms with Crippen molar-refractivity contribution in [2.24, 2.45) is 0 Å². The first-order chi connectivity index (χ1) is 11.6. The second-order valence-corrected chi connectivity index (χ2v) is 6.96. The zero-order chi connectivity index (χ0) is 17.1. The van der Waals surface area contributed by atoms with Crippen LogP contribution >= 0.6 is 27.7 Å². The molecular weight excluding hydrogens is 390 g/mol. The van der Waals surface area contributed by atoms with Gasteiger partial charge >= 0.3 is 5.97 Å². The largest absolute Gasteiger partial charge is 0.481 e. The molecule has 0 bridgehead atoms. The molecule has 1 N–H and O–H groups in total. The summed E-state index contributed by atoms with van der Waals surface area (Å²) in [4.78, 5) is 10.9. The molecule has 0 spiro atoms. The number of hydrogen-bond acceptors (Lipinski definition) is 4. The van der Waals surface area contributed by atoms with Crippen molar-refractivity contribution in [3.63, 3.8) is 0 Å². The number of aryl methyl sites for hydroxylation is 1. The van der Waals surface area contributed by atoms with Gasteiger partial charge in [0, 0.05) is 5.39 Å². The van der Waals surface area contributed by atoms with Gasteiger partial charge in [-0.2, -0.15) is 0 Å². The highest BCUT2D eigenvalue weighted by Gasteiger charge is 2.16. The van der Waals surface area contributed by atoms with Gasteiger partial charge in [-0.25, -0.2) is 0 Å². The molecule has 1 aromatic heterocycles. The van der Waals surface area contributed by atoms with E-state index in [-0.39, 0.29) is 5.75 Å². The van der Waals surface area contributed by atoms with Gasteiger partial charge in [0.2, 0.25) is 4.73 Å². The number of hydrogen-bond donors (Lipinski definition) is 1. The minimum absolute atomic E-state index is 0.0585. The molecule has 5 nitrogen and oxygen atoms in total. The quantitative estimate of drug-likeness (QED) is 0.618. The molecular formula is C17H16BrN3O2S. The summed E-state index contributed by atoms with van der Waals surface area (Å²) in [6.07, 6.45) is 2.10. The molecule has 0 atom stereocenters. The first kappa shape index (κ1) is 17.0. The third-order valence-corrected chi connectivity index (χ3v) is 5.10. The van der Waals surface area contributed by atoms with Crippen LogP contribution in [0, 0.1) is 0 Å². The van der Waals surface area contributed by atoms with E-state index in [0.717, 1.165) is 35.7 Å². The lowest BCUT2D eigenvalue weighted by molar-refractivity contribution is -0.133. The van der Waals surface area contributed by atoms with Crippen molar-refractivity contribution in [1.29, 1.82) is 0 Å². The summed E-state index contributed by atoms with van der Waals surface area (Å²) in [5.74, 6) is -0.939. The van der Waals surface area contributed by atoms with E-state index in [4.69, 9.17) is 5.11 Å². The number of carboxylic acids is 1. The van der Waals surface area contributed by atoms with Crippen molar-refractivity contribution in [2.45, 2.75) is 24.9 Å². The molecule has 3 rings (SSSR count). The predicted molar refractivity (Wildman–Crippen MR) is 98.9 cm³/mol. The van der Waals surface area contributed by atoms with Gasteiger partial charge in [0.05, 0.1) is 11.4 Å². The van der Waals surface area contributed by atoms with Gasteiger partial charge < -0.3 is 5.11 Å². The van der Waals surface area contributed by atoms with Crippen molar-refractivity contribution >= 4 is 44.4 Å². The Kier molecular flexibility index (Phi) is 5.20. The Morgan fingerprint density at radius 2 is 1.96 bits per heavy atom.